The lowest BCUT2D eigenvalue weighted by Gasteiger charge is -2.08. The van der Waals surface area contributed by atoms with Gasteiger partial charge in [0.2, 0.25) is 0 Å². The molecule has 0 unspecified atom stereocenters. The van der Waals surface area contributed by atoms with Gasteiger partial charge in [-0.15, -0.1) is 0 Å². The lowest BCUT2D eigenvalue weighted by Crippen LogP contribution is -2.15. The molecule has 0 aliphatic heterocycles. The number of benzene rings is 1. The Morgan fingerprint density at radius 3 is 1.68 bits per heavy atom. The predicted octanol–water partition coefficient (Wildman–Crippen LogP) is 0.739. The molecule has 0 atom stereocenters. The maximum atomic E-state index is 11.7. The zero-order valence-corrected chi connectivity index (χ0v) is 15.3. The summed E-state index contributed by atoms with van der Waals surface area (Å²) in [4.78, 5) is 22.5. The molecule has 28 heavy (non-hydrogen) atoms. The van der Waals surface area contributed by atoms with Gasteiger partial charge in [-0.1, -0.05) is 6.58 Å². The monoisotopic (exact) mass is 400 g/mol. The van der Waals surface area contributed by atoms with E-state index in [1.54, 1.807) is 0 Å². The van der Waals surface area contributed by atoms with Crippen molar-refractivity contribution in [3.05, 3.63) is 30.4 Å². The Labute approximate surface area is 161 Å². The SMILES string of the molecule is C=CC(=O)OCCOCCOCCOCCOC(=O)c1cc(O)c(O)c(O)c1. The van der Waals surface area contributed by atoms with Crippen LogP contribution in [-0.4, -0.2) is 80.1 Å². The first-order valence-electron chi connectivity index (χ1n) is 8.40. The number of hydrogen-bond acceptors (Lipinski definition) is 10. The average molecular weight is 400 g/mol. The van der Waals surface area contributed by atoms with Crippen molar-refractivity contribution in [2.45, 2.75) is 0 Å². The Bertz CT molecular complexity index is 620. The van der Waals surface area contributed by atoms with E-state index in [2.05, 4.69) is 6.58 Å². The highest BCUT2D eigenvalue weighted by Crippen LogP contribution is 2.35. The van der Waals surface area contributed by atoms with Crippen molar-refractivity contribution in [2.24, 2.45) is 0 Å². The van der Waals surface area contributed by atoms with Crippen LogP contribution >= 0.6 is 0 Å². The second-order valence-electron chi connectivity index (χ2n) is 5.21. The molecule has 0 saturated heterocycles. The van der Waals surface area contributed by atoms with Crippen molar-refractivity contribution in [1.82, 2.24) is 0 Å². The lowest BCUT2D eigenvalue weighted by atomic mass is 10.2. The quantitative estimate of drug-likeness (QED) is 0.177. The van der Waals surface area contributed by atoms with Gasteiger partial charge in [-0.2, -0.15) is 0 Å². The van der Waals surface area contributed by atoms with Crippen LogP contribution < -0.4 is 0 Å². The maximum Gasteiger partial charge on any atom is 0.338 e. The highest BCUT2D eigenvalue weighted by atomic mass is 16.6. The fourth-order valence-electron chi connectivity index (χ4n) is 1.80. The Kier molecular flexibility index (Phi) is 11.1. The number of carbonyl (C=O) groups excluding carboxylic acids is 2. The van der Waals surface area contributed by atoms with Crippen LogP contribution in [0.15, 0.2) is 24.8 Å². The summed E-state index contributed by atoms with van der Waals surface area (Å²) in [6, 6.07) is 1.97. The van der Waals surface area contributed by atoms with E-state index < -0.39 is 29.2 Å². The van der Waals surface area contributed by atoms with E-state index in [0.717, 1.165) is 18.2 Å². The molecule has 0 spiro atoms. The highest BCUT2D eigenvalue weighted by Gasteiger charge is 2.14. The van der Waals surface area contributed by atoms with Crippen LogP contribution in [0.3, 0.4) is 0 Å². The summed E-state index contributed by atoms with van der Waals surface area (Å²) in [5, 5.41) is 27.9. The first-order chi connectivity index (χ1) is 13.5. The van der Waals surface area contributed by atoms with Gasteiger partial charge in [0.05, 0.1) is 45.2 Å². The average Bonchev–Trinajstić information content (AvgIpc) is 2.68. The fraction of sp³-hybridized carbons (Fsp3) is 0.444. The van der Waals surface area contributed by atoms with Gasteiger partial charge in [0.25, 0.3) is 0 Å². The summed E-state index contributed by atoms with van der Waals surface area (Å²) in [6.45, 7) is 5.09. The molecule has 0 saturated carbocycles. The van der Waals surface area contributed by atoms with E-state index in [1.165, 1.54) is 0 Å². The molecule has 0 heterocycles. The molecule has 3 N–H and O–H groups in total. The van der Waals surface area contributed by atoms with Crippen molar-refractivity contribution in [2.75, 3.05) is 52.9 Å². The topological polar surface area (TPSA) is 141 Å². The number of aromatic hydroxyl groups is 3. The zero-order chi connectivity index (χ0) is 20.8. The molecule has 10 nitrogen and oxygen atoms in total. The van der Waals surface area contributed by atoms with E-state index in [9.17, 15) is 24.9 Å². The smallest absolute Gasteiger partial charge is 0.338 e. The van der Waals surface area contributed by atoms with Gasteiger partial charge >= 0.3 is 11.9 Å². The Morgan fingerprint density at radius 1 is 0.786 bits per heavy atom. The molecular formula is C18H24O10. The molecule has 0 amide bonds. The minimum atomic E-state index is -0.777. The molecular weight excluding hydrogens is 376 g/mol. The number of rotatable bonds is 14. The van der Waals surface area contributed by atoms with Crippen LogP contribution in [-0.2, 0) is 28.5 Å². The van der Waals surface area contributed by atoms with Crippen LogP contribution in [0.1, 0.15) is 10.4 Å². The van der Waals surface area contributed by atoms with Crippen molar-refractivity contribution in [3.63, 3.8) is 0 Å². The van der Waals surface area contributed by atoms with E-state index in [4.69, 9.17) is 23.7 Å². The molecule has 0 bridgehead atoms. The Morgan fingerprint density at radius 2 is 1.21 bits per heavy atom. The molecule has 0 fully saturated rings. The number of phenols is 3. The van der Waals surface area contributed by atoms with E-state index in [0.29, 0.717) is 19.8 Å². The summed E-state index contributed by atoms with van der Waals surface area (Å²) in [5.41, 5.74) is -0.101. The molecule has 0 radical (unpaired) electrons. The number of phenolic OH excluding ortho intramolecular Hbond substituents is 3. The maximum absolute atomic E-state index is 11.7. The van der Waals surface area contributed by atoms with Gasteiger partial charge < -0.3 is 39.0 Å². The molecule has 0 aliphatic carbocycles. The van der Waals surface area contributed by atoms with Crippen LogP contribution in [0.4, 0.5) is 0 Å². The third kappa shape index (κ3) is 9.21. The lowest BCUT2D eigenvalue weighted by molar-refractivity contribution is -0.139. The summed E-state index contributed by atoms with van der Waals surface area (Å²) in [7, 11) is 0. The van der Waals surface area contributed by atoms with Gasteiger partial charge in [0.15, 0.2) is 17.2 Å². The number of esters is 2. The largest absolute Gasteiger partial charge is 0.504 e. The third-order valence-electron chi connectivity index (χ3n) is 3.15. The first kappa shape index (κ1) is 23.2. The van der Waals surface area contributed by atoms with Gasteiger partial charge in [0, 0.05) is 6.08 Å². The standard InChI is InChI=1S/C18H24O10/c1-2-16(21)27-9-7-25-5-3-24-4-6-26-8-10-28-18(23)13-11-14(19)17(22)15(20)12-13/h2,11-12,19-20,22H,1,3-10H2. The molecule has 0 aliphatic rings. The predicted molar refractivity (Wildman–Crippen MR) is 95.3 cm³/mol. The van der Waals surface area contributed by atoms with Crippen molar-refractivity contribution in [1.29, 1.82) is 0 Å². The summed E-state index contributed by atoms with van der Waals surface area (Å²) >= 11 is 0. The van der Waals surface area contributed by atoms with Crippen LogP contribution in [0.2, 0.25) is 0 Å². The molecule has 1 aromatic carbocycles. The molecule has 1 rings (SSSR count). The number of ether oxygens (including phenoxy) is 5. The van der Waals surface area contributed by atoms with Crippen LogP contribution in [0, 0.1) is 0 Å². The summed E-state index contributed by atoms with van der Waals surface area (Å²) in [5.74, 6) is -3.23. The van der Waals surface area contributed by atoms with Gasteiger partial charge in [-0.3, -0.25) is 0 Å². The van der Waals surface area contributed by atoms with Gasteiger partial charge in [-0.05, 0) is 12.1 Å². The van der Waals surface area contributed by atoms with Crippen molar-refractivity contribution in [3.8, 4) is 17.2 Å². The fourth-order valence-corrected chi connectivity index (χ4v) is 1.80. The zero-order valence-electron chi connectivity index (χ0n) is 15.3. The molecule has 10 heteroatoms. The first-order valence-corrected chi connectivity index (χ1v) is 8.40. The third-order valence-corrected chi connectivity index (χ3v) is 3.15. The Hall–Kier alpha value is -2.82. The van der Waals surface area contributed by atoms with E-state index in [-0.39, 0.29) is 38.6 Å². The highest BCUT2D eigenvalue weighted by molar-refractivity contribution is 5.91. The minimum absolute atomic E-state index is 0.0340. The van der Waals surface area contributed by atoms with Crippen molar-refractivity contribution >= 4 is 11.9 Å². The second kappa shape index (κ2) is 13.4. The van der Waals surface area contributed by atoms with Gasteiger partial charge in [-0.25, -0.2) is 9.59 Å². The summed E-state index contributed by atoms with van der Waals surface area (Å²) in [6.07, 6.45) is 1.08. The molecule has 0 aromatic heterocycles. The second-order valence-corrected chi connectivity index (χ2v) is 5.21. The Balaban J connectivity index is 1.97. The van der Waals surface area contributed by atoms with Crippen molar-refractivity contribution < 1.29 is 48.6 Å². The normalized spacial score (nSPS) is 10.4. The molecule has 156 valence electrons. The number of carbonyl (C=O) groups is 2. The number of hydrogen-bond donors (Lipinski definition) is 3. The van der Waals surface area contributed by atoms with E-state index >= 15 is 0 Å². The molecule has 1 aromatic rings. The minimum Gasteiger partial charge on any atom is -0.504 e. The summed E-state index contributed by atoms with van der Waals surface area (Å²) < 4.78 is 25.3. The van der Waals surface area contributed by atoms with Crippen LogP contribution in [0.5, 0.6) is 17.2 Å². The van der Waals surface area contributed by atoms with Crippen LogP contribution in [0.25, 0.3) is 0 Å². The van der Waals surface area contributed by atoms with E-state index in [1.807, 2.05) is 0 Å². The van der Waals surface area contributed by atoms with Gasteiger partial charge in [0.1, 0.15) is 13.2 Å².